The number of hydrogen-bond donors (Lipinski definition) is 1. The molecule has 2 aliphatic heterocycles. The number of carbonyl (C=O) groups is 1. The first-order valence-corrected chi connectivity index (χ1v) is 5.92. The van der Waals surface area contributed by atoms with E-state index >= 15 is 0 Å². The summed E-state index contributed by atoms with van der Waals surface area (Å²) >= 11 is 5.89. The van der Waals surface area contributed by atoms with Gasteiger partial charge in [0.1, 0.15) is 5.66 Å². The minimum absolute atomic E-state index is 0.250. The summed E-state index contributed by atoms with van der Waals surface area (Å²) in [6.07, 6.45) is 1.49. The summed E-state index contributed by atoms with van der Waals surface area (Å²) in [5, 5.41) is 4.19. The van der Waals surface area contributed by atoms with E-state index in [1.165, 1.54) is 0 Å². The minimum Gasteiger partial charge on any atom is -0.319 e. The Morgan fingerprint density at radius 3 is 2.81 bits per heavy atom. The molecule has 2 saturated heterocycles. The Balaban J connectivity index is 2.04. The topological polar surface area (TPSA) is 32.3 Å². The van der Waals surface area contributed by atoms with Crippen LogP contribution in [-0.2, 0) is 10.5 Å². The number of nitrogens with one attached hydrogen (secondary N) is 1. The van der Waals surface area contributed by atoms with E-state index in [4.69, 9.17) is 11.6 Å². The molecule has 2 aliphatic rings. The van der Waals surface area contributed by atoms with E-state index in [-0.39, 0.29) is 11.6 Å². The van der Waals surface area contributed by atoms with Crippen LogP contribution in [0.4, 0.5) is 0 Å². The zero-order valence-electron chi connectivity index (χ0n) is 8.87. The molecule has 0 spiro atoms. The van der Waals surface area contributed by atoms with Crippen molar-refractivity contribution in [1.29, 1.82) is 0 Å². The van der Waals surface area contributed by atoms with Crippen molar-refractivity contribution in [3.8, 4) is 0 Å². The van der Waals surface area contributed by atoms with E-state index in [9.17, 15) is 4.79 Å². The van der Waals surface area contributed by atoms with Gasteiger partial charge in [0, 0.05) is 24.5 Å². The number of nitrogens with zero attached hydrogens (tertiary/aromatic N) is 1. The highest BCUT2D eigenvalue weighted by Crippen LogP contribution is 2.39. The normalized spacial score (nSPS) is 28.6. The lowest BCUT2D eigenvalue weighted by Gasteiger charge is -2.32. The van der Waals surface area contributed by atoms with Gasteiger partial charge in [-0.15, -0.1) is 0 Å². The standard InChI is InChI=1S/C12H13ClN2O/c13-10-3-1-9(2-4-10)12-6-5-11(16)15(12)8-7-14-12/h1-4,14H,5-8H2/t12-/m1/s1. The minimum atomic E-state index is -0.262. The van der Waals surface area contributed by atoms with Gasteiger partial charge in [-0.1, -0.05) is 23.7 Å². The highest BCUT2D eigenvalue weighted by atomic mass is 35.5. The van der Waals surface area contributed by atoms with Crippen molar-refractivity contribution in [3.63, 3.8) is 0 Å². The van der Waals surface area contributed by atoms with Crippen molar-refractivity contribution in [3.05, 3.63) is 34.9 Å². The van der Waals surface area contributed by atoms with Crippen molar-refractivity contribution in [2.75, 3.05) is 13.1 Å². The molecule has 0 bridgehead atoms. The number of amides is 1. The molecular formula is C12H13ClN2O. The van der Waals surface area contributed by atoms with Gasteiger partial charge in [-0.05, 0) is 24.1 Å². The van der Waals surface area contributed by atoms with Gasteiger partial charge in [-0.25, -0.2) is 0 Å². The third-order valence-electron chi connectivity index (χ3n) is 3.54. The fourth-order valence-corrected chi connectivity index (χ4v) is 2.90. The molecule has 0 saturated carbocycles. The third kappa shape index (κ3) is 1.28. The van der Waals surface area contributed by atoms with Gasteiger partial charge in [-0.2, -0.15) is 0 Å². The number of hydrogen-bond acceptors (Lipinski definition) is 2. The maximum atomic E-state index is 11.8. The van der Waals surface area contributed by atoms with Gasteiger partial charge in [-0.3, -0.25) is 10.1 Å². The van der Waals surface area contributed by atoms with Crippen LogP contribution >= 0.6 is 11.6 Å². The fraction of sp³-hybridized carbons (Fsp3) is 0.417. The molecule has 0 unspecified atom stereocenters. The molecule has 0 aromatic heterocycles. The van der Waals surface area contributed by atoms with E-state index in [0.29, 0.717) is 6.42 Å². The Morgan fingerprint density at radius 2 is 2.06 bits per heavy atom. The van der Waals surface area contributed by atoms with Gasteiger partial charge in [0.05, 0.1) is 0 Å². The smallest absolute Gasteiger partial charge is 0.224 e. The van der Waals surface area contributed by atoms with Gasteiger partial charge in [0.25, 0.3) is 0 Å². The maximum absolute atomic E-state index is 11.8. The van der Waals surface area contributed by atoms with Gasteiger partial charge >= 0.3 is 0 Å². The van der Waals surface area contributed by atoms with E-state index in [1.807, 2.05) is 29.2 Å². The zero-order valence-corrected chi connectivity index (χ0v) is 9.63. The SMILES string of the molecule is O=C1CC[C@@]2(c3ccc(Cl)cc3)NCCN12. The Bertz CT molecular complexity index is 431. The van der Waals surface area contributed by atoms with Crippen LogP contribution in [0.15, 0.2) is 24.3 Å². The zero-order chi connectivity index (χ0) is 11.2. The Morgan fingerprint density at radius 1 is 1.31 bits per heavy atom. The van der Waals surface area contributed by atoms with Crippen LogP contribution < -0.4 is 5.32 Å². The summed E-state index contributed by atoms with van der Waals surface area (Å²) < 4.78 is 0. The second-order valence-corrected chi connectivity index (χ2v) is 4.78. The number of rotatable bonds is 1. The van der Waals surface area contributed by atoms with E-state index in [0.717, 1.165) is 30.1 Å². The highest BCUT2D eigenvalue weighted by molar-refractivity contribution is 6.30. The van der Waals surface area contributed by atoms with Crippen molar-refractivity contribution >= 4 is 17.5 Å². The molecule has 3 nitrogen and oxygen atoms in total. The first-order valence-electron chi connectivity index (χ1n) is 5.54. The molecule has 4 heteroatoms. The molecule has 1 N–H and O–H groups in total. The van der Waals surface area contributed by atoms with Crippen LogP contribution in [0, 0.1) is 0 Å². The van der Waals surface area contributed by atoms with Crippen LogP contribution in [0.3, 0.4) is 0 Å². The lowest BCUT2D eigenvalue weighted by Crippen LogP contribution is -2.45. The summed E-state index contributed by atoms with van der Waals surface area (Å²) in [4.78, 5) is 13.7. The molecule has 1 amide bonds. The highest BCUT2D eigenvalue weighted by Gasteiger charge is 2.49. The Kier molecular flexibility index (Phi) is 2.19. The molecule has 0 radical (unpaired) electrons. The summed E-state index contributed by atoms with van der Waals surface area (Å²) in [6, 6.07) is 7.78. The van der Waals surface area contributed by atoms with Crippen molar-refractivity contribution in [2.45, 2.75) is 18.5 Å². The lowest BCUT2D eigenvalue weighted by atomic mass is 9.97. The molecule has 16 heavy (non-hydrogen) atoms. The molecule has 1 aromatic carbocycles. The number of fused-ring (bicyclic) bond motifs is 1. The lowest BCUT2D eigenvalue weighted by molar-refractivity contribution is -0.130. The quantitative estimate of drug-likeness (QED) is 0.805. The summed E-state index contributed by atoms with van der Waals surface area (Å²) in [5.41, 5.74) is 0.877. The van der Waals surface area contributed by atoms with Crippen molar-refractivity contribution < 1.29 is 4.79 Å². The molecular weight excluding hydrogens is 224 g/mol. The average molecular weight is 237 g/mol. The predicted molar refractivity (Wildman–Crippen MR) is 62.1 cm³/mol. The third-order valence-corrected chi connectivity index (χ3v) is 3.79. The molecule has 0 aliphatic carbocycles. The van der Waals surface area contributed by atoms with Gasteiger partial charge in [0.15, 0.2) is 0 Å². The largest absolute Gasteiger partial charge is 0.319 e. The summed E-state index contributed by atoms with van der Waals surface area (Å²) in [7, 11) is 0. The molecule has 2 heterocycles. The molecule has 3 rings (SSSR count). The second kappa shape index (κ2) is 3.47. The van der Waals surface area contributed by atoms with E-state index in [2.05, 4.69) is 5.32 Å². The summed E-state index contributed by atoms with van der Waals surface area (Å²) in [5.74, 6) is 0.250. The van der Waals surface area contributed by atoms with Crippen LogP contribution in [-0.4, -0.2) is 23.9 Å². The first kappa shape index (κ1) is 10.1. The fourth-order valence-electron chi connectivity index (χ4n) is 2.77. The van der Waals surface area contributed by atoms with Crippen LogP contribution in [0.5, 0.6) is 0 Å². The number of benzene rings is 1. The van der Waals surface area contributed by atoms with Crippen LogP contribution in [0.25, 0.3) is 0 Å². The molecule has 84 valence electrons. The predicted octanol–water partition coefficient (Wildman–Crippen LogP) is 1.72. The van der Waals surface area contributed by atoms with Crippen molar-refractivity contribution in [2.24, 2.45) is 0 Å². The second-order valence-electron chi connectivity index (χ2n) is 4.34. The van der Waals surface area contributed by atoms with Gasteiger partial charge in [0.2, 0.25) is 5.91 Å². The summed E-state index contributed by atoms with van der Waals surface area (Å²) in [6.45, 7) is 1.68. The number of carbonyl (C=O) groups excluding carboxylic acids is 1. The number of halogens is 1. The first-order chi connectivity index (χ1) is 7.72. The molecule has 1 aromatic rings. The average Bonchev–Trinajstić information content (AvgIpc) is 2.82. The van der Waals surface area contributed by atoms with Crippen LogP contribution in [0.1, 0.15) is 18.4 Å². The Hall–Kier alpha value is -1.06. The van der Waals surface area contributed by atoms with Crippen LogP contribution in [0.2, 0.25) is 5.02 Å². The van der Waals surface area contributed by atoms with E-state index in [1.54, 1.807) is 0 Å². The van der Waals surface area contributed by atoms with Gasteiger partial charge < -0.3 is 4.90 Å². The van der Waals surface area contributed by atoms with E-state index < -0.39 is 0 Å². The Labute approximate surface area is 99.4 Å². The molecule has 2 fully saturated rings. The monoisotopic (exact) mass is 236 g/mol. The van der Waals surface area contributed by atoms with Crippen molar-refractivity contribution in [1.82, 2.24) is 10.2 Å². The maximum Gasteiger partial charge on any atom is 0.224 e. The molecule has 1 atom stereocenters.